The summed E-state index contributed by atoms with van der Waals surface area (Å²) >= 11 is 5.66. The van der Waals surface area contributed by atoms with Gasteiger partial charge in [-0.05, 0) is 11.6 Å². The molecule has 0 spiro atoms. The summed E-state index contributed by atoms with van der Waals surface area (Å²) in [5.41, 5.74) is -0.0550. The van der Waals surface area contributed by atoms with Gasteiger partial charge in [0.25, 0.3) is 0 Å². The van der Waals surface area contributed by atoms with Crippen LogP contribution in [0.2, 0.25) is 5.28 Å². The third-order valence-corrected chi connectivity index (χ3v) is 1.75. The van der Waals surface area contributed by atoms with E-state index in [0.717, 1.165) is 4.40 Å². The Morgan fingerprint density at radius 3 is 2.92 bits per heavy atom. The lowest BCUT2D eigenvalue weighted by atomic mass is 10.5. The van der Waals surface area contributed by atoms with Crippen molar-refractivity contribution in [3.05, 3.63) is 23.5 Å². The molecule has 0 fully saturated rings. The van der Waals surface area contributed by atoms with Crippen LogP contribution in [0.1, 0.15) is 10.5 Å². The van der Waals surface area contributed by atoms with Crippen molar-refractivity contribution in [2.75, 3.05) is 0 Å². The Bertz CT molecular complexity index is 480. The van der Waals surface area contributed by atoms with Crippen molar-refractivity contribution >= 4 is 23.3 Å². The predicted octanol–water partition coefficient (Wildman–Crippen LogP) is 0.476. The number of carboxylic acid groups (broad SMARTS) is 1. The maximum absolute atomic E-state index is 10.7. The molecule has 2 aromatic heterocycles. The Morgan fingerprint density at radius 1 is 1.46 bits per heavy atom. The fraction of sp³-hybridized carbons (Fsp3) is 0. The Balaban J connectivity index is 2.86. The van der Waals surface area contributed by atoms with Crippen LogP contribution in [-0.4, -0.2) is 30.4 Å². The van der Waals surface area contributed by atoms with Crippen LogP contribution in [-0.2, 0) is 0 Å². The van der Waals surface area contributed by atoms with E-state index in [2.05, 4.69) is 15.0 Å². The molecular weight excluding hydrogens is 196 g/mol. The molecule has 13 heavy (non-hydrogen) atoms. The van der Waals surface area contributed by atoms with Crippen LogP contribution in [0.25, 0.3) is 5.78 Å². The summed E-state index contributed by atoms with van der Waals surface area (Å²) in [6.45, 7) is 0. The molecule has 0 aliphatic heterocycles. The van der Waals surface area contributed by atoms with Crippen molar-refractivity contribution in [3.63, 3.8) is 0 Å². The van der Waals surface area contributed by atoms with E-state index in [-0.39, 0.29) is 16.8 Å². The van der Waals surface area contributed by atoms with Gasteiger partial charge in [-0.25, -0.2) is 24.1 Å². The monoisotopic (exact) mass is 198 g/mol. The predicted molar refractivity (Wildman–Crippen MR) is 42.8 cm³/mol. The smallest absolute Gasteiger partial charge is 0.354 e. The quantitative estimate of drug-likeness (QED) is 0.721. The zero-order chi connectivity index (χ0) is 9.42. The van der Waals surface area contributed by atoms with E-state index in [1.54, 1.807) is 0 Å². The molecule has 0 atom stereocenters. The number of rotatable bonds is 1. The topological polar surface area (TPSA) is 80.4 Å². The SMILES string of the molecule is O=C(O)c1cnc2ncnc(Cl)n12. The second-order valence-electron chi connectivity index (χ2n) is 2.23. The molecule has 0 amide bonds. The molecule has 0 radical (unpaired) electrons. The first-order valence-corrected chi connectivity index (χ1v) is 3.65. The van der Waals surface area contributed by atoms with Crippen molar-refractivity contribution in [3.8, 4) is 0 Å². The van der Waals surface area contributed by atoms with Crippen molar-refractivity contribution in [2.45, 2.75) is 0 Å². The van der Waals surface area contributed by atoms with E-state index >= 15 is 0 Å². The highest BCUT2D eigenvalue weighted by Crippen LogP contribution is 2.10. The molecule has 1 N–H and O–H groups in total. The van der Waals surface area contributed by atoms with Crippen molar-refractivity contribution < 1.29 is 9.90 Å². The summed E-state index contributed by atoms with van der Waals surface area (Å²) in [4.78, 5) is 21.8. The van der Waals surface area contributed by atoms with Gasteiger partial charge < -0.3 is 5.11 Å². The van der Waals surface area contributed by atoms with Gasteiger partial charge in [-0.1, -0.05) is 0 Å². The molecule has 6 nitrogen and oxygen atoms in total. The first kappa shape index (κ1) is 7.93. The highest BCUT2D eigenvalue weighted by molar-refractivity contribution is 6.28. The summed E-state index contributed by atoms with van der Waals surface area (Å²) in [6, 6.07) is 0. The normalized spacial score (nSPS) is 10.5. The largest absolute Gasteiger partial charge is 0.477 e. The molecule has 0 saturated carbocycles. The van der Waals surface area contributed by atoms with Gasteiger partial charge in [0.05, 0.1) is 6.20 Å². The standard InChI is InChI=1S/C6H3ClN4O2/c7-5-9-2-10-6-8-1-3(4(12)13)11(5)6/h1-2H,(H,12,13). The average Bonchev–Trinajstić information content (AvgIpc) is 2.49. The van der Waals surface area contributed by atoms with E-state index in [9.17, 15) is 4.79 Å². The molecule has 66 valence electrons. The summed E-state index contributed by atoms with van der Waals surface area (Å²) in [7, 11) is 0. The van der Waals surface area contributed by atoms with Crippen molar-refractivity contribution in [1.82, 2.24) is 19.4 Å². The molecule has 2 aromatic rings. The van der Waals surface area contributed by atoms with Crippen LogP contribution < -0.4 is 0 Å². The second-order valence-corrected chi connectivity index (χ2v) is 2.56. The van der Waals surface area contributed by atoms with Gasteiger partial charge in [0.15, 0.2) is 5.69 Å². The van der Waals surface area contributed by atoms with Gasteiger partial charge >= 0.3 is 5.97 Å². The van der Waals surface area contributed by atoms with Gasteiger partial charge in [-0.3, -0.25) is 0 Å². The van der Waals surface area contributed by atoms with Gasteiger partial charge in [0, 0.05) is 0 Å². The molecule has 0 saturated heterocycles. The first-order valence-electron chi connectivity index (χ1n) is 3.27. The second kappa shape index (κ2) is 2.67. The zero-order valence-corrected chi connectivity index (χ0v) is 6.93. The van der Waals surface area contributed by atoms with E-state index in [4.69, 9.17) is 16.7 Å². The number of hydrogen-bond acceptors (Lipinski definition) is 4. The Hall–Kier alpha value is -1.69. The lowest BCUT2D eigenvalue weighted by molar-refractivity contribution is 0.0689. The molecule has 0 bridgehead atoms. The average molecular weight is 199 g/mol. The number of hydrogen-bond donors (Lipinski definition) is 1. The summed E-state index contributed by atoms with van der Waals surface area (Å²) in [6.07, 6.45) is 2.40. The van der Waals surface area contributed by atoms with Crippen LogP contribution in [0.4, 0.5) is 0 Å². The van der Waals surface area contributed by atoms with Crippen LogP contribution in [0.3, 0.4) is 0 Å². The molecule has 2 heterocycles. The number of nitrogens with zero attached hydrogens (tertiary/aromatic N) is 4. The fourth-order valence-electron chi connectivity index (χ4n) is 0.952. The van der Waals surface area contributed by atoms with Crippen LogP contribution in [0.5, 0.6) is 0 Å². The van der Waals surface area contributed by atoms with Crippen molar-refractivity contribution in [2.24, 2.45) is 0 Å². The minimum atomic E-state index is -1.12. The number of carboxylic acids is 1. The van der Waals surface area contributed by atoms with E-state index < -0.39 is 5.97 Å². The minimum Gasteiger partial charge on any atom is -0.477 e. The third kappa shape index (κ3) is 1.11. The number of halogens is 1. The molecule has 0 aliphatic rings. The van der Waals surface area contributed by atoms with Crippen LogP contribution in [0, 0.1) is 0 Å². The van der Waals surface area contributed by atoms with E-state index in [1.165, 1.54) is 12.5 Å². The third-order valence-electron chi connectivity index (χ3n) is 1.48. The fourth-order valence-corrected chi connectivity index (χ4v) is 1.16. The number of carbonyl (C=O) groups is 1. The zero-order valence-electron chi connectivity index (χ0n) is 6.18. The maximum Gasteiger partial charge on any atom is 0.354 e. The van der Waals surface area contributed by atoms with Crippen LogP contribution in [0.15, 0.2) is 12.5 Å². The number of imidazole rings is 1. The Labute approximate surface area is 76.8 Å². The number of aromatic nitrogens is 4. The van der Waals surface area contributed by atoms with Crippen molar-refractivity contribution in [1.29, 1.82) is 0 Å². The first-order chi connectivity index (χ1) is 6.20. The molecule has 7 heteroatoms. The summed E-state index contributed by atoms with van der Waals surface area (Å²) in [5.74, 6) is -0.901. The Kier molecular flexibility index (Phi) is 1.63. The van der Waals surface area contributed by atoms with Gasteiger partial charge in [0.1, 0.15) is 6.33 Å². The number of aromatic carboxylic acids is 1. The Morgan fingerprint density at radius 2 is 2.23 bits per heavy atom. The summed E-state index contributed by atoms with van der Waals surface area (Å²) in [5, 5.41) is 8.75. The van der Waals surface area contributed by atoms with E-state index in [1.807, 2.05) is 0 Å². The van der Waals surface area contributed by atoms with Gasteiger partial charge in [-0.2, -0.15) is 0 Å². The highest BCUT2D eigenvalue weighted by Gasteiger charge is 2.13. The molecule has 2 rings (SSSR count). The number of fused-ring (bicyclic) bond motifs is 1. The molecular formula is C6H3ClN4O2. The minimum absolute atomic E-state index is 0.0277. The van der Waals surface area contributed by atoms with E-state index in [0.29, 0.717) is 0 Å². The van der Waals surface area contributed by atoms with Gasteiger partial charge in [-0.15, -0.1) is 0 Å². The summed E-state index contributed by atoms with van der Waals surface area (Å²) < 4.78 is 1.16. The molecule has 0 aliphatic carbocycles. The van der Waals surface area contributed by atoms with Crippen LogP contribution >= 0.6 is 11.6 Å². The lowest BCUT2D eigenvalue weighted by Crippen LogP contribution is -2.04. The molecule has 0 aromatic carbocycles. The lowest BCUT2D eigenvalue weighted by Gasteiger charge is -1.96. The maximum atomic E-state index is 10.7. The highest BCUT2D eigenvalue weighted by atomic mass is 35.5. The molecule has 0 unspecified atom stereocenters. The van der Waals surface area contributed by atoms with Gasteiger partial charge in [0.2, 0.25) is 11.1 Å².